The van der Waals surface area contributed by atoms with Crippen molar-refractivity contribution >= 4 is 5.78 Å². The third-order valence-electron chi connectivity index (χ3n) is 4.32. The Kier molecular flexibility index (Phi) is 5.30. The molecule has 20 heavy (non-hydrogen) atoms. The van der Waals surface area contributed by atoms with Crippen molar-refractivity contribution in [1.82, 2.24) is 4.98 Å². The van der Waals surface area contributed by atoms with E-state index in [2.05, 4.69) is 18.0 Å². The van der Waals surface area contributed by atoms with Gasteiger partial charge in [0.25, 0.3) is 0 Å². The van der Waals surface area contributed by atoms with Gasteiger partial charge in [0.15, 0.2) is 0 Å². The fourth-order valence-corrected chi connectivity index (χ4v) is 3.12. The summed E-state index contributed by atoms with van der Waals surface area (Å²) in [6.45, 7) is 4.08. The molecule has 3 nitrogen and oxygen atoms in total. The SMILES string of the molecule is CC(N)CCCC(C)C(=O)C1CCCc2cccnc21. The summed E-state index contributed by atoms with van der Waals surface area (Å²) in [6, 6.07) is 4.31. The van der Waals surface area contributed by atoms with Gasteiger partial charge in [-0.15, -0.1) is 0 Å². The van der Waals surface area contributed by atoms with Gasteiger partial charge in [0.2, 0.25) is 0 Å². The number of hydrogen-bond donors (Lipinski definition) is 1. The van der Waals surface area contributed by atoms with Crippen molar-refractivity contribution in [2.75, 3.05) is 0 Å². The average Bonchev–Trinajstić information content (AvgIpc) is 2.45. The molecule has 0 aromatic carbocycles. The van der Waals surface area contributed by atoms with Gasteiger partial charge in [0.1, 0.15) is 5.78 Å². The molecule has 2 N–H and O–H groups in total. The van der Waals surface area contributed by atoms with Crippen LogP contribution in [0, 0.1) is 5.92 Å². The normalized spacial score (nSPS) is 21.1. The molecule has 0 amide bonds. The van der Waals surface area contributed by atoms with E-state index in [0.717, 1.165) is 44.2 Å². The van der Waals surface area contributed by atoms with Gasteiger partial charge in [-0.05, 0) is 50.7 Å². The lowest BCUT2D eigenvalue weighted by molar-refractivity contribution is -0.124. The molecule has 0 spiro atoms. The molecule has 1 heterocycles. The Morgan fingerprint density at radius 3 is 3.00 bits per heavy atom. The van der Waals surface area contributed by atoms with Gasteiger partial charge >= 0.3 is 0 Å². The molecule has 3 unspecified atom stereocenters. The number of nitrogens with two attached hydrogens (primary N) is 1. The predicted molar refractivity (Wildman–Crippen MR) is 81.6 cm³/mol. The summed E-state index contributed by atoms with van der Waals surface area (Å²) >= 11 is 0. The monoisotopic (exact) mass is 274 g/mol. The van der Waals surface area contributed by atoms with Gasteiger partial charge in [0, 0.05) is 18.2 Å². The van der Waals surface area contributed by atoms with Crippen molar-refractivity contribution in [2.24, 2.45) is 11.7 Å². The maximum absolute atomic E-state index is 12.7. The maximum Gasteiger partial charge on any atom is 0.144 e. The predicted octanol–water partition coefficient (Wildman–Crippen LogP) is 3.22. The third-order valence-corrected chi connectivity index (χ3v) is 4.32. The molecule has 0 fully saturated rings. The van der Waals surface area contributed by atoms with Gasteiger partial charge in [-0.3, -0.25) is 9.78 Å². The Balaban J connectivity index is 1.99. The first-order valence-corrected chi connectivity index (χ1v) is 7.82. The van der Waals surface area contributed by atoms with Gasteiger partial charge in [-0.2, -0.15) is 0 Å². The summed E-state index contributed by atoms with van der Waals surface area (Å²) in [7, 11) is 0. The van der Waals surface area contributed by atoms with Crippen LogP contribution in [0.4, 0.5) is 0 Å². The van der Waals surface area contributed by atoms with Crippen LogP contribution < -0.4 is 5.73 Å². The zero-order valence-corrected chi connectivity index (χ0v) is 12.6. The van der Waals surface area contributed by atoms with E-state index in [1.54, 1.807) is 0 Å². The first-order valence-electron chi connectivity index (χ1n) is 7.82. The lowest BCUT2D eigenvalue weighted by atomic mass is 9.79. The quantitative estimate of drug-likeness (QED) is 0.866. The van der Waals surface area contributed by atoms with Gasteiger partial charge in [-0.1, -0.05) is 19.4 Å². The molecular weight excluding hydrogens is 248 g/mol. The number of aromatic nitrogens is 1. The molecule has 2 rings (SSSR count). The third kappa shape index (κ3) is 3.66. The Labute approximate surface area is 122 Å². The van der Waals surface area contributed by atoms with E-state index < -0.39 is 0 Å². The van der Waals surface area contributed by atoms with E-state index in [1.807, 2.05) is 19.2 Å². The van der Waals surface area contributed by atoms with Gasteiger partial charge < -0.3 is 5.73 Å². The van der Waals surface area contributed by atoms with Crippen LogP contribution in [-0.4, -0.2) is 16.8 Å². The molecule has 1 aliphatic carbocycles. The number of hydrogen-bond acceptors (Lipinski definition) is 3. The highest BCUT2D eigenvalue weighted by Crippen LogP contribution is 2.33. The minimum Gasteiger partial charge on any atom is -0.328 e. The highest BCUT2D eigenvalue weighted by Gasteiger charge is 2.30. The van der Waals surface area contributed by atoms with Crippen molar-refractivity contribution in [3.63, 3.8) is 0 Å². The molecule has 1 aliphatic rings. The number of carbonyl (C=O) groups is 1. The molecular formula is C17H26N2O. The summed E-state index contributed by atoms with van der Waals surface area (Å²) in [5.74, 6) is 0.506. The second kappa shape index (κ2) is 6.98. The number of carbonyl (C=O) groups excluding carboxylic acids is 1. The van der Waals surface area contributed by atoms with Gasteiger partial charge in [-0.25, -0.2) is 0 Å². The minimum absolute atomic E-state index is 0.0188. The molecule has 110 valence electrons. The number of nitrogens with zero attached hydrogens (tertiary/aromatic N) is 1. The molecule has 0 saturated carbocycles. The smallest absolute Gasteiger partial charge is 0.144 e. The zero-order valence-electron chi connectivity index (χ0n) is 12.6. The van der Waals surface area contributed by atoms with E-state index in [9.17, 15) is 4.79 Å². The summed E-state index contributed by atoms with van der Waals surface area (Å²) < 4.78 is 0. The number of ketones is 1. The summed E-state index contributed by atoms with van der Waals surface area (Å²) in [4.78, 5) is 17.1. The van der Waals surface area contributed by atoms with Crippen LogP contribution in [0.1, 0.15) is 63.1 Å². The van der Waals surface area contributed by atoms with Gasteiger partial charge in [0.05, 0.1) is 11.6 Å². The van der Waals surface area contributed by atoms with Crippen molar-refractivity contribution in [1.29, 1.82) is 0 Å². The van der Waals surface area contributed by atoms with Crippen molar-refractivity contribution in [3.05, 3.63) is 29.6 Å². The first kappa shape index (κ1) is 15.2. The Morgan fingerprint density at radius 2 is 2.25 bits per heavy atom. The topological polar surface area (TPSA) is 56.0 Å². The molecule has 3 heteroatoms. The molecule has 0 aliphatic heterocycles. The summed E-state index contributed by atoms with van der Waals surface area (Å²) in [6.07, 6.45) is 7.90. The zero-order chi connectivity index (χ0) is 14.5. The van der Waals surface area contributed by atoms with E-state index in [1.165, 1.54) is 5.56 Å². The Hall–Kier alpha value is -1.22. The molecule has 3 atom stereocenters. The fraction of sp³-hybridized carbons (Fsp3) is 0.647. The standard InChI is InChI=1S/C17H26N2O/c1-12(6-3-7-13(2)18)17(20)15-10-4-8-14-9-5-11-19-16(14)15/h5,9,11-13,15H,3-4,6-8,10,18H2,1-2H3. The van der Waals surface area contributed by atoms with Crippen LogP contribution in [0.3, 0.4) is 0 Å². The first-order chi connectivity index (χ1) is 9.59. The van der Waals surface area contributed by atoms with E-state index in [-0.39, 0.29) is 17.9 Å². The fourth-order valence-electron chi connectivity index (χ4n) is 3.12. The second-order valence-electron chi connectivity index (χ2n) is 6.20. The van der Waals surface area contributed by atoms with Crippen molar-refractivity contribution < 1.29 is 4.79 Å². The van der Waals surface area contributed by atoms with Crippen LogP contribution in [0.25, 0.3) is 0 Å². The minimum atomic E-state index is 0.0188. The molecule has 0 bridgehead atoms. The highest BCUT2D eigenvalue weighted by molar-refractivity contribution is 5.87. The van der Waals surface area contributed by atoms with Crippen LogP contribution in [-0.2, 0) is 11.2 Å². The highest BCUT2D eigenvalue weighted by atomic mass is 16.1. The number of aryl methyl sites for hydroxylation is 1. The molecule has 0 radical (unpaired) electrons. The maximum atomic E-state index is 12.7. The lowest BCUT2D eigenvalue weighted by Crippen LogP contribution is -2.25. The lowest BCUT2D eigenvalue weighted by Gasteiger charge is -2.25. The number of fused-ring (bicyclic) bond motifs is 1. The molecule has 1 aromatic heterocycles. The van der Waals surface area contributed by atoms with Crippen molar-refractivity contribution in [3.8, 4) is 0 Å². The Morgan fingerprint density at radius 1 is 1.45 bits per heavy atom. The molecule has 1 aromatic rings. The van der Waals surface area contributed by atoms with Crippen molar-refractivity contribution in [2.45, 2.75) is 64.3 Å². The van der Waals surface area contributed by atoms with E-state index in [0.29, 0.717) is 5.78 Å². The number of pyridine rings is 1. The number of rotatable bonds is 6. The van der Waals surface area contributed by atoms with Crippen LogP contribution in [0.15, 0.2) is 18.3 Å². The van der Waals surface area contributed by atoms with E-state index >= 15 is 0 Å². The largest absolute Gasteiger partial charge is 0.328 e. The molecule has 0 saturated heterocycles. The van der Waals surface area contributed by atoms with E-state index in [4.69, 9.17) is 5.73 Å². The van der Waals surface area contributed by atoms with Crippen LogP contribution >= 0.6 is 0 Å². The summed E-state index contributed by atoms with van der Waals surface area (Å²) in [5.41, 5.74) is 8.06. The van der Waals surface area contributed by atoms with Crippen LogP contribution in [0.5, 0.6) is 0 Å². The van der Waals surface area contributed by atoms with Crippen LogP contribution in [0.2, 0.25) is 0 Å². The Bertz CT molecular complexity index is 456. The second-order valence-corrected chi connectivity index (χ2v) is 6.20. The average molecular weight is 274 g/mol. The number of Topliss-reactive ketones (excluding diaryl/α,β-unsaturated/α-hetero) is 1. The summed E-state index contributed by atoms with van der Waals surface area (Å²) in [5, 5.41) is 0.